The monoisotopic (exact) mass is 369 g/mol. The number of carbonyl (C=O) groups excluding carboxylic acids is 1. The van der Waals surface area contributed by atoms with Crippen LogP contribution in [0.25, 0.3) is 0 Å². The van der Waals surface area contributed by atoms with E-state index >= 15 is 0 Å². The molecular formula is C16H23N3O3S2. The highest BCUT2D eigenvalue weighted by Gasteiger charge is 2.37. The van der Waals surface area contributed by atoms with Crippen LogP contribution in [0, 0.1) is 13.8 Å². The second-order valence-electron chi connectivity index (χ2n) is 6.98. The van der Waals surface area contributed by atoms with Crippen LogP contribution in [0.2, 0.25) is 0 Å². The van der Waals surface area contributed by atoms with Gasteiger partial charge in [-0.1, -0.05) is 5.16 Å². The number of ketones is 1. The molecule has 2 heterocycles. The fourth-order valence-electron chi connectivity index (χ4n) is 2.31. The predicted octanol–water partition coefficient (Wildman–Crippen LogP) is 3.29. The molecule has 24 heavy (non-hydrogen) atoms. The van der Waals surface area contributed by atoms with Gasteiger partial charge in [-0.15, -0.1) is 11.3 Å². The molecule has 2 aromatic heterocycles. The Morgan fingerprint density at radius 2 is 2.00 bits per heavy atom. The van der Waals surface area contributed by atoms with Crippen LogP contribution in [0.4, 0.5) is 0 Å². The first-order valence-corrected chi connectivity index (χ1v) is 9.62. The molecule has 0 radical (unpaired) electrons. The lowest BCUT2D eigenvalue weighted by Crippen LogP contribution is -2.47. The van der Waals surface area contributed by atoms with Crippen LogP contribution in [-0.2, 0) is 16.5 Å². The smallest absolute Gasteiger partial charge is 0.170 e. The first-order chi connectivity index (χ1) is 11.0. The third-order valence-electron chi connectivity index (χ3n) is 3.68. The molecule has 132 valence electrons. The largest absolute Gasteiger partial charge is 0.361 e. The number of hydrogen-bond acceptors (Lipinski definition) is 6. The van der Waals surface area contributed by atoms with Gasteiger partial charge in [0.15, 0.2) is 5.78 Å². The third kappa shape index (κ3) is 3.99. The van der Waals surface area contributed by atoms with E-state index in [2.05, 4.69) is 14.9 Å². The van der Waals surface area contributed by atoms with E-state index in [1.165, 1.54) is 11.3 Å². The van der Waals surface area contributed by atoms with Gasteiger partial charge in [-0.05, 0) is 41.5 Å². The maximum absolute atomic E-state index is 12.8. The van der Waals surface area contributed by atoms with Crippen molar-refractivity contribution < 1.29 is 13.5 Å². The summed E-state index contributed by atoms with van der Waals surface area (Å²) in [5, 5.41) is 3.84. The maximum Gasteiger partial charge on any atom is 0.170 e. The number of carbonyl (C=O) groups is 1. The number of Topliss-reactive ketones (excluding diaryl/α,β-unsaturated/α-hetero) is 1. The molecule has 0 saturated carbocycles. The fourth-order valence-corrected chi connectivity index (χ4v) is 4.01. The van der Waals surface area contributed by atoms with E-state index in [0.29, 0.717) is 17.0 Å². The maximum atomic E-state index is 12.8. The first-order valence-electron chi connectivity index (χ1n) is 7.59. The average Bonchev–Trinajstić information content (AvgIpc) is 3.08. The Labute approximate surface area is 148 Å². The van der Waals surface area contributed by atoms with E-state index in [1.54, 1.807) is 25.6 Å². The summed E-state index contributed by atoms with van der Waals surface area (Å²) in [7, 11) is -1.33. The predicted molar refractivity (Wildman–Crippen MR) is 95.4 cm³/mol. The summed E-state index contributed by atoms with van der Waals surface area (Å²) in [6.07, 6.45) is 1.85. The van der Waals surface area contributed by atoms with Gasteiger partial charge in [0.25, 0.3) is 0 Å². The van der Waals surface area contributed by atoms with Gasteiger partial charge in [0.1, 0.15) is 5.76 Å². The number of hydrogen-bond donors (Lipinski definition) is 1. The minimum atomic E-state index is -1.33. The van der Waals surface area contributed by atoms with Crippen molar-refractivity contribution >= 4 is 28.1 Å². The second-order valence-corrected chi connectivity index (χ2v) is 9.83. The van der Waals surface area contributed by atoms with Gasteiger partial charge in [-0.25, -0.2) is 8.93 Å². The Morgan fingerprint density at radius 1 is 1.33 bits per heavy atom. The van der Waals surface area contributed by atoms with Gasteiger partial charge < -0.3 is 4.52 Å². The van der Waals surface area contributed by atoms with Crippen LogP contribution in [0.1, 0.15) is 60.8 Å². The summed E-state index contributed by atoms with van der Waals surface area (Å²) in [6.45, 7) is 11.0. The lowest BCUT2D eigenvalue weighted by molar-refractivity contribution is 0.0949. The molecular weight excluding hydrogens is 346 g/mol. The lowest BCUT2D eigenvalue weighted by Gasteiger charge is -2.31. The van der Waals surface area contributed by atoms with Crippen LogP contribution in [0.3, 0.4) is 0 Å². The molecule has 0 bridgehead atoms. The van der Waals surface area contributed by atoms with Crippen LogP contribution in [-0.4, -0.2) is 24.9 Å². The number of nitrogens with one attached hydrogen (secondary N) is 1. The average molecular weight is 370 g/mol. The highest BCUT2D eigenvalue weighted by atomic mass is 32.2. The molecule has 1 unspecified atom stereocenters. The molecule has 0 amide bonds. The molecule has 0 fully saturated rings. The standard InChI is InChI=1S/C16H23N3O3S2/c1-10-14(11(2)22-18-10)12(20)7-16(6,13-8-17-9-23-13)19-24(21)15(3,4)5/h8-9,19H,7H2,1-6H3/t16-,24?/m0/s1. The van der Waals surface area contributed by atoms with E-state index in [4.69, 9.17) is 4.52 Å². The van der Waals surface area contributed by atoms with Crippen molar-refractivity contribution in [2.75, 3.05) is 0 Å². The summed E-state index contributed by atoms with van der Waals surface area (Å²) < 4.78 is 20.4. The molecule has 2 aromatic rings. The summed E-state index contributed by atoms with van der Waals surface area (Å²) >= 11 is 1.43. The van der Waals surface area contributed by atoms with Gasteiger partial charge >= 0.3 is 0 Å². The molecule has 0 aliphatic rings. The minimum Gasteiger partial charge on any atom is -0.361 e. The van der Waals surface area contributed by atoms with E-state index < -0.39 is 21.3 Å². The lowest BCUT2D eigenvalue weighted by atomic mass is 9.91. The normalized spacial score (nSPS) is 15.9. The zero-order valence-corrected chi connectivity index (χ0v) is 16.4. The van der Waals surface area contributed by atoms with Crippen molar-refractivity contribution in [3.63, 3.8) is 0 Å². The number of rotatable bonds is 6. The van der Waals surface area contributed by atoms with Gasteiger partial charge in [-0.3, -0.25) is 9.78 Å². The highest BCUT2D eigenvalue weighted by molar-refractivity contribution is 7.84. The zero-order valence-electron chi connectivity index (χ0n) is 14.8. The van der Waals surface area contributed by atoms with Crippen LogP contribution < -0.4 is 4.72 Å². The third-order valence-corrected chi connectivity index (χ3v) is 6.46. The van der Waals surface area contributed by atoms with Crippen molar-refractivity contribution in [2.24, 2.45) is 0 Å². The quantitative estimate of drug-likeness (QED) is 0.790. The van der Waals surface area contributed by atoms with Crippen LogP contribution in [0.15, 0.2) is 16.2 Å². The van der Waals surface area contributed by atoms with Crippen molar-refractivity contribution in [1.29, 1.82) is 0 Å². The Kier molecular flexibility index (Phi) is 5.41. The molecule has 1 N–H and O–H groups in total. The van der Waals surface area contributed by atoms with Crippen LogP contribution >= 0.6 is 11.3 Å². The van der Waals surface area contributed by atoms with Gasteiger partial charge in [0.2, 0.25) is 0 Å². The molecule has 0 saturated heterocycles. The molecule has 2 atom stereocenters. The van der Waals surface area contributed by atoms with Crippen molar-refractivity contribution in [3.8, 4) is 0 Å². The van der Waals surface area contributed by atoms with E-state index in [9.17, 15) is 9.00 Å². The van der Waals surface area contributed by atoms with Gasteiger partial charge in [-0.2, -0.15) is 0 Å². The Morgan fingerprint density at radius 3 is 2.46 bits per heavy atom. The Balaban J connectivity index is 2.34. The summed E-state index contributed by atoms with van der Waals surface area (Å²) in [5.41, 5.74) is 1.98. The minimum absolute atomic E-state index is 0.0967. The van der Waals surface area contributed by atoms with E-state index in [0.717, 1.165) is 4.88 Å². The highest BCUT2D eigenvalue weighted by Crippen LogP contribution is 2.32. The molecule has 6 nitrogen and oxygen atoms in total. The Bertz CT molecular complexity index is 728. The second kappa shape index (κ2) is 6.85. The van der Waals surface area contributed by atoms with Crippen molar-refractivity contribution in [1.82, 2.24) is 14.9 Å². The summed E-state index contributed by atoms with van der Waals surface area (Å²) in [5.74, 6) is 0.404. The van der Waals surface area contributed by atoms with Crippen LogP contribution in [0.5, 0.6) is 0 Å². The molecule has 2 rings (SSSR count). The SMILES string of the molecule is Cc1noc(C)c1C(=O)C[C@](C)(NS(=O)C(C)(C)C)c1cncs1. The van der Waals surface area contributed by atoms with E-state index in [1.807, 2.05) is 27.7 Å². The fraction of sp³-hybridized carbons (Fsp3) is 0.562. The summed E-state index contributed by atoms with van der Waals surface area (Å²) in [4.78, 5) is 17.8. The Hall–Kier alpha value is -1.38. The number of thiazole rings is 1. The molecule has 0 aliphatic carbocycles. The number of aryl methyl sites for hydroxylation is 2. The number of nitrogens with zero attached hydrogens (tertiary/aromatic N) is 2. The first kappa shape index (κ1) is 19.0. The molecule has 8 heteroatoms. The molecule has 0 aliphatic heterocycles. The topological polar surface area (TPSA) is 85.1 Å². The van der Waals surface area contributed by atoms with E-state index in [-0.39, 0.29) is 12.2 Å². The zero-order chi connectivity index (χ0) is 18.1. The van der Waals surface area contributed by atoms with Crippen molar-refractivity contribution in [3.05, 3.63) is 33.6 Å². The molecule has 0 spiro atoms. The number of aromatic nitrogens is 2. The van der Waals surface area contributed by atoms with Gasteiger partial charge in [0.05, 0.1) is 38.0 Å². The summed E-state index contributed by atoms with van der Waals surface area (Å²) in [6, 6.07) is 0. The molecule has 0 aromatic carbocycles. The van der Waals surface area contributed by atoms with Crippen molar-refractivity contribution in [2.45, 2.75) is 58.2 Å². The van der Waals surface area contributed by atoms with Gasteiger partial charge in [0, 0.05) is 17.5 Å².